The number of aromatic nitrogens is 2. The first kappa shape index (κ1) is 18.7. The van der Waals surface area contributed by atoms with E-state index in [4.69, 9.17) is 4.74 Å². The first-order valence-corrected chi connectivity index (χ1v) is 9.56. The van der Waals surface area contributed by atoms with E-state index < -0.39 is 0 Å². The predicted molar refractivity (Wildman–Crippen MR) is 116 cm³/mol. The third kappa shape index (κ3) is 3.99. The molecule has 0 radical (unpaired) electrons. The Bertz CT molecular complexity index is 1180. The van der Waals surface area contributed by atoms with Crippen molar-refractivity contribution >= 4 is 22.4 Å². The van der Waals surface area contributed by atoms with Gasteiger partial charge >= 0.3 is 0 Å². The molecule has 0 fully saturated rings. The number of hydrogen-bond donors (Lipinski definition) is 1. The SMILES string of the molecule is Cc1ccc(-n2nc(C)c(NC(=O)COc3ccc4ccccc4c3)c2C)cc1. The van der Waals surface area contributed by atoms with E-state index in [0.717, 1.165) is 33.5 Å². The Hall–Kier alpha value is -3.60. The first-order chi connectivity index (χ1) is 14.0. The molecule has 1 amide bonds. The number of nitrogens with one attached hydrogen (secondary N) is 1. The second-order valence-electron chi connectivity index (χ2n) is 7.14. The first-order valence-electron chi connectivity index (χ1n) is 9.56. The van der Waals surface area contributed by atoms with Gasteiger partial charge in [-0.1, -0.05) is 48.0 Å². The van der Waals surface area contributed by atoms with Crippen LogP contribution in [0, 0.1) is 20.8 Å². The highest BCUT2D eigenvalue weighted by molar-refractivity contribution is 5.93. The van der Waals surface area contributed by atoms with Crippen LogP contribution in [0.15, 0.2) is 66.7 Å². The lowest BCUT2D eigenvalue weighted by Crippen LogP contribution is -2.20. The lowest BCUT2D eigenvalue weighted by Gasteiger charge is -2.09. The zero-order valence-corrected chi connectivity index (χ0v) is 16.8. The van der Waals surface area contributed by atoms with E-state index in [-0.39, 0.29) is 12.5 Å². The van der Waals surface area contributed by atoms with Crippen molar-refractivity contribution in [2.75, 3.05) is 11.9 Å². The molecule has 0 aliphatic heterocycles. The van der Waals surface area contributed by atoms with Gasteiger partial charge in [-0.2, -0.15) is 5.10 Å². The molecule has 0 aliphatic rings. The standard InChI is InChI=1S/C24H23N3O2/c1-16-8-11-21(12-9-16)27-18(3)24(17(2)26-27)25-23(28)15-29-22-13-10-19-6-4-5-7-20(19)14-22/h4-14H,15H2,1-3H3,(H,25,28). The summed E-state index contributed by atoms with van der Waals surface area (Å²) >= 11 is 0. The zero-order chi connectivity index (χ0) is 20.4. The van der Waals surface area contributed by atoms with Crippen LogP contribution in [0.4, 0.5) is 5.69 Å². The van der Waals surface area contributed by atoms with Crippen LogP contribution in [-0.2, 0) is 4.79 Å². The Morgan fingerprint density at radius 3 is 2.45 bits per heavy atom. The molecule has 1 N–H and O–H groups in total. The number of carbonyl (C=O) groups is 1. The molecule has 0 spiro atoms. The highest BCUT2D eigenvalue weighted by Gasteiger charge is 2.15. The minimum atomic E-state index is -0.215. The fourth-order valence-corrected chi connectivity index (χ4v) is 3.34. The van der Waals surface area contributed by atoms with Gasteiger partial charge in [0.15, 0.2) is 6.61 Å². The van der Waals surface area contributed by atoms with Crippen molar-refractivity contribution in [2.45, 2.75) is 20.8 Å². The van der Waals surface area contributed by atoms with Crippen molar-refractivity contribution < 1.29 is 9.53 Å². The number of hydrogen-bond acceptors (Lipinski definition) is 3. The van der Waals surface area contributed by atoms with Crippen molar-refractivity contribution in [1.29, 1.82) is 0 Å². The fraction of sp³-hybridized carbons (Fsp3) is 0.167. The molecule has 146 valence electrons. The summed E-state index contributed by atoms with van der Waals surface area (Å²) in [6, 6.07) is 22.0. The van der Waals surface area contributed by atoms with Gasteiger partial charge in [0.2, 0.25) is 0 Å². The Labute approximate surface area is 169 Å². The Balaban J connectivity index is 1.46. The monoisotopic (exact) mass is 385 g/mol. The Kier molecular flexibility index (Phi) is 5.04. The van der Waals surface area contributed by atoms with Crippen LogP contribution in [0.5, 0.6) is 5.75 Å². The van der Waals surface area contributed by atoms with Crippen LogP contribution in [-0.4, -0.2) is 22.3 Å². The maximum absolute atomic E-state index is 12.5. The lowest BCUT2D eigenvalue weighted by molar-refractivity contribution is -0.118. The van der Waals surface area contributed by atoms with Gasteiger partial charge in [0.05, 0.1) is 22.8 Å². The molecule has 0 aliphatic carbocycles. The van der Waals surface area contributed by atoms with E-state index in [1.54, 1.807) is 0 Å². The second kappa shape index (κ2) is 7.80. The summed E-state index contributed by atoms with van der Waals surface area (Å²) in [5.41, 5.74) is 4.52. The van der Waals surface area contributed by atoms with Gasteiger partial charge in [-0.3, -0.25) is 4.79 Å². The number of rotatable bonds is 5. The average molecular weight is 385 g/mol. The van der Waals surface area contributed by atoms with Gasteiger partial charge in [0.1, 0.15) is 5.75 Å². The average Bonchev–Trinajstić information content (AvgIpc) is 3.01. The maximum Gasteiger partial charge on any atom is 0.262 e. The van der Waals surface area contributed by atoms with Crippen molar-refractivity contribution in [3.05, 3.63) is 83.7 Å². The summed E-state index contributed by atoms with van der Waals surface area (Å²) in [6.07, 6.45) is 0. The number of ether oxygens (including phenoxy) is 1. The number of benzene rings is 3. The number of nitrogens with zero attached hydrogens (tertiary/aromatic N) is 2. The van der Waals surface area contributed by atoms with Crippen LogP contribution < -0.4 is 10.1 Å². The smallest absolute Gasteiger partial charge is 0.262 e. The predicted octanol–water partition coefficient (Wildman–Crippen LogP) is 4.97. The third-order valence-electron chi connectivity index (χ3n) is 4.93. The molecule has 29 heavy (non-hydrogen) atoms. The van der Waals surface area contributed by atoms with E-state index >= 15 is 0 Å². The topological polar surface area (TPSA) is 56.2 Å². The summed E-state index contributed by atoms with van der Waals surface area (Å²) in [4.78, 5) is 12.5. The molecule has 0 atom stereocenters. The van der Waals surface area contributed by atoms with Crippen LogP contribution in [0.1, 0.15) is 17.0 Å². The van der Waals surface area contributed by atoms with Gasteiger partial charge in [0.25, 0.3) is 5.91 Å². The van der Waals surface area contributed by atoms with Gasteiger partial charge in [-0.05, 0) is 55.8 Å². The van der Waals surface area contributed by atoms with E-state index in [9.17, 15) is 4.79 Å². The van der Waals surface area contributed by atoms with Gasteiger partial charge in [-0.15, -0.1) is 0 Å². The summed E-state index contributed by atoms with van der Waals surface area (Å²) < 4.78 is 7.54. The number of amides is 1. The molecule has 3 aromatic carbocycles. The van der Waals surface area contributed by atoms with Gasteiger partial charge < -0.3 is 10.1 Å². The van der Waals surface area contributed by atoms with Crippen molar-refractivity contribution in [1.82, 2.24) is 9.78 Å². The molecule has 1 heterocycles. The summed E-state index contributed by atoms with van der Waals surface area (Å²) in [5, 5.41) is 9.73. The molecule has 4 rings (SSSR count). The van der Waals surface area contributed by atoms with E-state index in [2.05, 4.69) is 10.4 Å². The highest BCUT2D eigenvalue weighted by Crippen LogP contribution is 2.24. The maximum atomic E-state index is 12.5. The molecular formula is C24H23N3O2. The van der Waals surface area contributed by atoms with Crippen molar-refractivity contribution in [3.63, 3.8) is 0 Å². The molecule has 0 saturated carbocycles. The second-order valence-corrected chi connectivity index (χ2v) is 7.14. The minimum Gasteiger partial charge on any atom is -0.484 e. The van der Waals surface area contributed by atoms with E-state index in [0.29, 0.717) is 5.75 Å². The Morgan fingerprint density at radius 2 is 1.69 bits per heavy atom. The van der Waals surface area contributed by atoms with Crippen LogP contribution in [0.25, 0.3) is 16.5 Å². The van der Waals surface area contributed by atoms with E-state index in [1.807, 2.05) is 92.2 Å². The molecule has 5 nitrogen and oxygen atoms in total. The van der Waals surface area contributed by atoms with Crippen LogP contribution in [0.3, 0.4) is 0 Å². The minimum absolute atomic E-state index is 0.0626. The lowest BCUT2D eigenvalue weighted by atomic mass is 10.1. The number of aryl methyl sites for hydroxylation is 2. The highest BCUT2D eigenvalue weighted by atomic mass is 16.5. The largest absolute Gasteiger partial charge is 0.484 e. The summed E-state index contributed by atoms with van der Waals surface area (Å²) in [6.45, 7) is 5.82. The number of anilines is 1. The number of fused-ring (bicyclic) bond motifs is 1. The molecule has 0 bridgehead atoms. The molecule has 0 saturated heterocycles. The molecule has 5 heteroatoms. The number of carbonyl (C=O) groups excluding carboxylic acids is 1. The summed E-state index contributed by atoms with van der Waals surface area (Å²) in [5.74, 6) is 0.454. The van der Waals surface area contributed by atoms with Crippen molar-refractivity contribution in [3.8, 4) is 11.4 Å². The van der Waals surface area contributed by atoms with Gasteiger partial charge in [-0.25, -0.2) is 4.68 Å². The normalized spacial score (nSPS) is 10.9. The summed E-state index contributed by atoms with van der Waals surface area (Å²) in [7, 11) is 0. The van der Waals surface area contributed by atoms with Crippen LogP contribution >= 0.6 is 0 Å². The Morgan fingerprint density at radius 1 is 0.966 bits per heavy atom. The van der Waals surface area contributed by atoms with Gasteiger partial charge in [0, 0.05) is 0 Å². The molecule has 0 unspecified atom stereocenters. The fourth-order valence-electron chi connectivity index (χ4n) is 3.34. The molecule has 1 aromatic heterocycles. The zero-order valence-electron chi connectivity index (χ0n) is 16.8. The molecule has 4 aromatic rings. The van der Waals surface area contributed by atoms with E-state index in [1.165, 1.54) is 5.56 Å². The van der Waals surface area contributed by atoms with Crippen molar-refractivity contribution in [2.24, 2.45) is 0 Å². The van der Waals surface area contributed by atoms with Crippen LogP contribution in [0.2, 0.25) is 0 Å². The third-order valence-corrected chi connectivity index (χ3v) is 4.93. The molecular weight excluding hydrogens is 362 g/mol. The quantitative estimate of drug-likeness (QED) is 0.528.